The van der Waals surface area contributed by atoms with Gasteiger partial charge in [0.1, 0.15) is 11.6 Å². The lowest BCUT2D eigenvalue weighted by Gasteiger charge is -2.16. The van der Waals surface area contributed by atoms with Crippen LogP contribution in [0.25, 0.3) is 0 Å². The zero-order valence-electron chi connectivity index (χ0n) is 11.1. The Balaban J connectivity index is 1.96. The predicted molar refractivity (Wildman–Crippen MR) is 74.1 cm³/mol. The molecule has 0 fully saturated rings. The van der Waals surface area contributed by atoms with Gasteiger partial charge in [-0.3, -0.25) is 0 Å². The van der Waals surface area contributed by atoms with E-state index < -0.39 is 10.0 Å². The first kappa shape index (κ1) is 14.7. The number of furan rings is 1. The summed E-state index contributed by atoms with van der Waals surface area (Å²) in [6, 6.07) is 9.05. The Morgan fingerprint density at radius 2 is 1.90 bits per heavy atom. The van der Waals surface area contributed by atoms with E-state index in [2.05, 4.69) is 0 Å². The fraction of sp³-hybridized carbons (Fsp3) is 0.286. The summed E-state index contributed by atoms with van der Waals surface area (Å²) < 4.78 is 43.5. The Morgan fingerprint density at radius 1 is 1.20 bits per heavy atom. The van der Waals surface area contributed by atoms with Gasteiger partial charge in [0, 0.05) is 20.0 Å². The second-order valence-corrected chi connectivity index (χ2v) is 6.61. The minimum Gasteiger partial charge on any atom is -0.469 e. The van der Waals surface area contributed by atoms with Crippen molar-refractivity contribution in [1.82, 2.24) is 4.31 Å². The Morgan fingerprint density at radius 3 is 2.50 bits per heavy atom. The van der Waals surface area contributed by atoms with E-state index in [-0.39, 0.29) is 11.6 Å². The molecule has 6 heteroatoms. The number of likely N-dealkylation sites (N-methyl/N-ethyl adjacent to an activating group) is 1. The third-order valence-corrected chi connectivity index (χ3v) is 4.82. The Kier molecular flexibility index (Phi) is 4.57. The molecule has 108 valence electrons. The van der Waals surface area contributed by atoms with Gasteiger partial charge in [0.25, 0.3) is 0 Å². The van der Waals surface area contributed by atoms with Crippen molar-refractivity contribution >= 4 is 10.0 Å². The fourth-order valence-corrected chi connectivity index (χ4v) is 2.97. The summed E-state index contributed by atoms with van der Waals surface area (Å²) >= 11 is 0. The second-order valence-electron chi connectivity index (χ2n) is 4.53. The van der Waals surface area contributed by atoms with Crippen molar-refractivity contribution in [2.45, 2.75) is 12.2 Å². The molecule has 0 saturated carbocycles. The second kappa shape index (κ2) is 6.19. The number of rotatable bonds is 6. The average Bonchev–Trinajstić information content (AvgIpc) is 2.91. The highest BCUT2D eigenvalue weighted by molar-refractivity contribution is 7.88. The van der Waals surface area contributed by atoms with Crippen molar-refractivity contribution < 1.29 is 17.2 Å². The summed E-state index contributed by atoms with van der Waals surface area (Å²) in [4.78, 5) is 0. The average molecular weight is 297 g/mol. The Labute approximate surface area is 117 Å². The Hall–Kier alpha value is -1.66. The van der Waals surface area contributed by atoms with Gasteiger partial charge in [-0.15, -0.1) is 0 Å². The topological polar surface area (TPSA) is 50.5 Å². The van der Waals surface area contributed by atoms with Crippen LogP contribution in [-0.2, 0) is 22.2 Å². The van der Waals surface area contributed by atoms with Gasteiger partial charge in [0.05, 0.1) is 12.0 Å². The van der Waals surface area contributed by atoms with Crippen LogP contribution in [0.2, 0.25) is 0 Å². The van der Waals surface area contributed by atoms with Gasteiger partial charge in [-0.2, -0.15) is 0 Å². The molecule has 4 nitrogen and oxygen atoms in total. The molecular weight excluding hydrogens is 281 g/mol. The van der Waals surface area contributed by atoms with Gasteiger partial charge in [-0.05, 0) is 29.8 Å². The lowest BCUT2D eigenvalue weighted by atomic mass is 10.2. The van der Waals surface area contributed by atoms with Gasteiger partial charge in [-0.25, -0.2) is 17.1 Å². The fourth-order valence-electron chi connectivity index (χ4n) is 1.76. The third-order valence-electron chi connectivity index (χ3n) is 2.99. The van der Waals surface area contributed by atoms with Crippen LogP contribution < -0.4 is 0 Å². The van der Waals surface area contributed by atoms with E-state index in [0.29, 0.717) is 18.5 Å². The van der Waals surface area contributed by atoms with E-state index >= 15 is 0 Å². The normalized spacial score (nSPS) is 11.9. The lowest BCUT2D eigenvalue weighted by molar-refractivity contribution is 0.441. The molecule has 20 heavy (non-hydrogen) atoms. The van der Waals surface area contributed by atoms with Crippen molar-refractivity contribution in [3.63, 3.8) is 0 Å². The molecule has 0 radical (unpaired) electrons. The SMILES string of the molecule is CN(CCc1ccco1)S(=O)(=O)Cc1ccc(F)cc1. The van der Waals surface area contributed by atoms with Crippen molar-refractivity contribution in [2.24, 2.45) is 0 Å². The van der Waals surface area contributed by atoms with E-state index in [9.17, 15) is 12.8 Å². The summed E-state index contributed by atoms with van der Waals surface area (Å²) in [5.41, 5.74) is 0.566. The van der Waals surface area contributed by atoms with Crippen molar-refractivity contribution in [1.29, 1.82) is 0 Å². The number of hydrogen-bond acceptors (Lipinski definition) is 3. The molecule has 0 amide bonds. The van der Waals surface area contributed by atoms with Crippen LogP contribution in [-0.4, -0.2) is 26.3 Å². The van der Waals surface area contributed by atoms with Crippen LogP contribution in [0.4, 0.5) is 4.39 Å². The highest BCUT2D eigenvalue weighted by atomic mass is 32.2. The molecule has 0 spiro atoms. The third kappa shape index (κ3) is 3.91. The molecule has 0 N–H and O–H groups in total. The van der Waals surface area contributed by atoms with E-state index in [1.807, 2.05) is 0 Å². The molecule has 0 unspecified atom stereocenters. The maximum absolute atomic E-state index is 12.8. The summed E-state index contributed by atoms with van der Waals surface area (Å²) in [6.45, 7) is 0.344. The zero-order valence-corrected chi connectivity index (χ0v) is 11.9. The maximum atomic E-state index is 12.8. The minimum absolute atomic E-state index is 0.137. The first-order valence-electron chi connectivity index (χ1n) is 6.18. The zero-order chi connectivity index (χ0) is 14.6. The smallest absolute Gasteiger partial charge is 0.218 e. The lowest BCUT2D eigenvalue weighted by Crippen LogP contribution is -2.30. The molecule has 1 aromatic carbocycles. The highest BCUT2D eigenvalue weighted by Gasteiger charge is 2.18. The number of hydrogen-bond donors (Lipinski definition) is 0. The summed E-state index contributed by atoms with van der Waals surface area (Å²) in [6.07, 6.45) is 2.08. The molecule has 0 aliphatic heterocycles. The van der Waals surface area contributed by atoms with Gasteiger partial charge in [-0.1, -0.05) is 12.1 Å². The molecule has 0 atom stereocenters. The molecule has 0 aliphatic rings. The van der Waals surface area contributed by atoms with E-state index in [4.69, 9.17) is 4.42 Å². The number of benzene rings is 1. The summed E-state index contributed by atoms with van der Waals surface area (Å²) in [5.74, 6) is 0.230. The number of halogens is 1. The first-order chi connectivity index (χ1) is 9.47. The Bertz CT molecular complexity index is 636. The van der Waals surface area contributed by atoms with Gasteiger partial charge in [0.2, 0.25) is 10.0 Å². The first-order valence-corrected chi connectivity index (χ1v) is 7.79. The van der Waals surface area contributed by atoms with Crippen LogP contribution in [0.3, 0.4) is 0 Å². The van der Waals surface area contributed by atoms with Crippen LogP contribution in [0.5, 0.6) is 0 Å². The molecule has 1 heterocycles. The molecule has 2 aromatic rings. The maximum Gasteiger partial charge on any atom is 0.218 e. The molecule has 2 rings (SSSR count). The van der Waals surface area contributed by atoms with Crippen molar-refractivity contribution in [2.75, 3.05) is 13.6 Å². The minimum atomic E-state index is -3.41. The molecular formula is C14H16FNO3S. The van der Waals surface area contributed by atoms with Crippen LogP contribution >= 0.6 is 0 Å². The summed E-state index contributed by atoms with van der Waals surface area (Å²) in [5, 5.41) is 0. The van der Waals surface area contributed by atoms with Gasteiger partial charge >= 0.3 is 0 Å². The van der Waals surface area contributed by atoms with Crippen LogP contribution in [0.1, 0.15) is 11.3 Å². The van der Waals surface area contributed by atoms with Gasteiger partial charge in [0.15, 0.2) is 0 Å². The number of sulfonamides is 1. The van der Waals surface area contributed by atoms with Crippen LogP contribution in [0.15, 0.2) is 47.1 Å². The quantitative estimate of drug-likeness (QED) is 0.823. The van der Waals surface area contributed by atoms with Gasteiger partial charge < -0.3 is 4.42 Å². The van der Waals surface area contributed by atoms with Crippen molar-refractivity contribution in [3.05, 3.63) is 59.8 Å². The van der Waals surface area contributed by atoms with Crippen molar-refractivity contribution in [3.8, 4) is 0 Å². The summed E-state index contributed by atoms with van der Waals surface area (Å²) in [7, 11) is -1.88. The largest absolute Gasteiger partial charge is 0.469 e. The monoisotopic (exact) mass is 297 g/mol. The molecule has 1 aromatic heterocycles. The molecule has 0 aliphatic carbocycles. The number of nitrogens with zero attached hydrogens (tertiary/aromatic N) is 1. The van der Waals surface area contributed by atoms with E-state index in [1.165, 1.54) is 35.6 Å². The predicted octanol–water partition coefficient (Wildman–Crippen LogP) is 2.42. The highest BCUT2D eigenvalue weighted by Crippen LogP contribution is 2.11. The van der Waals surface area contributed by atoms with E-state index in [0.717, 1.165) is 5.76 Å². The van der Waals surface area contributed by atoms with E-state index in [1.54, 1.807) is 18.4 Å². The van der Waals surface area contributed by atoms with Crippen LogP contribution in [0, 0.1) is 5.82 Å². The standard InChI is InChI=1S/C14H16FNO3S/c1-16(9-8-14-3-2-10-19-14)20(17,18)11-12-4-6-13(15)7-5-12/h2-7,10H,8-9,11H2,1H3. The molecule has 0 saturated heterocycles. The molecule has 0 bridgehead atoms.